The molecule has 1 aromatic carbocycles. The largest absolute Gasteiger partial charge is 0.405 e. The Hall–Kier alpha value is -1.03. The Morgan fingerprint density at radius 2 is 2.06 bits per heavy atom. The summed E-state index contributed by atoms with van der Waals surface area (Å²) < 4.78 is 6.80. The predicted molar refractivity (Wildman–Crippen MR) is 78.8 cm³/mol. The van der Waals surface area contributed by atoms with Gasteiger partial charge in [0, 0.05) is 6.92 Å². The normalized spacial score (nSPS) is 10.0. The summed E-state index contributed by atoms with van der Waals surface area (Å²) in [4.78, 5) is 9.10. The molecule has 0 amide bonds. The average molecular weight is 376 g/mol. The van der Waals surface area contributed by atoms with Crippen LogP contribution < -0.4 is 10.2 Å². The number of benzene rings is 1. The number of rotatable bonds is 5. The van der Waals surface area contributed by atoms with E-state index >= 15 is 0 Å². The van der Waals surface area contributed by atoms with Crippen LogP contribution >= 0.6 is 31.9 Å². The number of nitrogens with zero attached hydrogens (tertiary/aromatic N) is 1. The topological polar surface area (TPSA) is 42.8 Å². The number of aliphatic imine (C=N–C) groups is 1. The number of hydrogen-bond acceptors (Lipinski definition) is 3. The van der Waals surface area contributed by atoms with Gasteiger partial charge in [-0.05, 0) is 50.9 Å². The molecule has 0 bridgehead atoms. The molecule has 1 aromatic rings. The molecule has 1 rings (SSSR count). The maximum atomic E-state index is 5.27. The van der Waals surface area contributed by atoms with Crippen LogP contribution in [0.3, 0.4) is 0 Å². The van der Waals surface area contributed by atoms with Gasteiger partial charge in [-0.1, -0.05) is 5.92 Å². The lowest BCUT2D eigenvalue weighted by atomic mass is 10.3. The monoisotopic (exact) mass is 374 g/mol. The molecule has 18 heavy (non-hydrogen) atoms. The van der Waals surface area contributed by atoms with Crippen LogP contribution in [0.5, 0.6) is 5.75 Å². The fourth-order valence-electron chi connectivity index (χ4n) is 1.04. The summed E-state index contributed by atoms with van der Waals surface area (Å²) in [5, 5.41) is 0. The van der Waals surface area contributed by atoms with Gasteiger partial charge < -0.3 is 4.74 Å². The van der Waals surface area contributed by atoms with Crippen molar-refractivity contribution in [3.05, 3.63) is 21.1 Å². The quantitative estimate of drug-likeness (QED) is 0.280. The Morgan fingerprint density at radius 1 is 1.39 bits per heavy atom. The summed E-state index contributed by atoms with van der Waals surface area (Å²) in [5.41, 5.74) is 3.34. The lowest BCUT2D eigenvalue weighted by Crippen LogP contribution is -2.10. The molecule has 0 saturated heterocycles. The van der Waals surface area contributed by atoms with E-state index in [0.29, 0.717) is 12.4 Å². The van der Waals surface area contributed by atoms with Crippen molar-refractivity contribution in [2.75, 3.05) is 6.61 Å². The third kappa shape index (κ3) is 4.69. The van der Waals surface area contributed by atoms with Gasteiger partial charge >= 0.3 is 0 Å². The van der Waals surface area contributed by atoms with Crippen LogP contribution in [0, 0.1) is 12.0 Å². The molecule has 0 heterocycles. The molecule has 96 valence electrons. The summed E-state index contributed by atoms with van der Waals surface area (Å²) in [5.74, 6) is 3.29. The summed E-state index contributed by atoms with van der Waals surface area (Å²) in [6, 6.07) is 3.64. The number of nitrogens with one attached hydrogen (secondary N) is 1. The standard InChI is InChI=1S/C12H12Br2N2O2/c1-3-5-17-12-10(13)6-9(7-11(12)14)15-8-16-18-4-2/h6-8H,4H2,1-2H3,(H,15,16). The summed E-state index contributed by atoms with van der Waals surface area (Å²) in [6.45, 7) is 4.16. The third-order valence-corrected chi connectivity index (χ3v) is 2.91. The first kappa shape index (κ1) is 15.0. The van der Waals surface area contributed by atoms with Crippen molar-refractivity contribution < 1.29 is 9.57 Å². The van der Waals surface area contributed by atoms with E-state index in [1.165, 1.54) is 6.34 Å². The van der Waals surface area contributed by atoms with Crippen LogP contribution in [0.15, 0.2) is 26.1 Å². The van der Waals surface area contributed by atoms with E-state index in [4.69, 9.17) is 9.57 Å². The molecule has 0 spiro atoms. The van der Waals surface area contributed by atoms with E-state index in [9.17, 15) is 0 Å². The van der Waals surface area contributed by atoms with Crippen molar-refractivity contribution in [3.63, 3.8) is 0 Å². The van der Waals surface area contributed by atoms with Crippen LogP contribution in [0.1, 0.15) is 13.8 Å². The first-order valence-corrected chi connectivity index (χ1v) is 6.75. The van der Waals surface area contributed by atoms with Gasteiger partial charge in [0.15, 0.2) is 5.75 Å². The second kappa shape index (κ2) is 8.14. The van der Waals surface area contributed by atoms with Gasteiger partial charge in [0.25, 0.3) is 0 Å². The maximum Gasteiger partial charge on any atom is 0.168 e. The van der Waals surface area contributed by atoms with E-state index in [0.717, 1.165) is 14.6 Å². The van der Waals surface area contributed by atoms with E-state index in [2.05, 4.69) is 54.4 Å². The average Bonchev–Trinajstić information content (AvgIpc) is 2.34. The van der Waals surface area contributed by atoms with Crippen LogP contribution in [0.25, 0.3) is 0 Å². The fraction of sp³-hybridized carbons (Fsp3) is 0.250. The smallest absolute Gasteiger partial charge is 0.168 e. The van der Waals surface area contributed by atoms with Crippen molar-refractivity contribution in [2.24, 2.45) is 4.99 Å². The highest BCUT2D eigenvalue weighted by Crippen LogP contribution is 2.37. The molecule has 0 atom stereocenters. The van der Waals surface area contributed by atoms with Crippen molar-refractivity contribution in [1.82, 2.24) is 5.48 Å². The zero-order valence-electron chi connectivity index (χ0n) is 9.96. The molecular formula is C12H12Br2N2O2. The Balaban J connectivity index is 2.84. The highest BCUT2D eigenvalue weighted by molar-refractivity contribution is 9.11. The molecule has 0 aromatic heterocycles. The molecule has 0 aliphatic rings. The molecule has 0 unspecified atom stereocenters. The summed E-state index contributed by atoms with van der Waals surface area (Å²) in [7, 11) is 0. The molecule has 0 aliphatic heterocycles. The minimum Gasteiger partial charge on any atom is -0.405 e. The van der Waals surface area contributed by atoms with Gasteiger partial charge in [0.2, 0.25) is 0 Å². The molecule has 0 fully saturated rings. The molecule has 0 aliphatic carbocycles. The van der Waals surface area contributed by atoms with Gasteiger partial charge in [0.1, 0.15) is 12.4 Å². The molecule has 6 heteroatoms. The van der Waals surface area contributed by atoms with Gasteiger partial charge in [-0.25, -0.2) is 4.99 Å². The third-order valence-electron chi connectivity index (χ3n) is 1.73. The zero-order valence-corrected chi connectivity index (χ0v) is 13.1. The first-order valence-electron chi connectivity index (χ1n) is 5.16. The van der Waals surface area contributed by atoms with Crippen molar-refractivity contribution in [3.8, 4) is 17.8 Å². The summed E-state index contributed by atoms with van der Waals surface area (Å²) in [6.07, 6.45) is 4.02. The Morgan fingerprint density at radius 3 is 2.61 bits per heavy atom. The predicted octanol–water partition coefficient (Wildman–Crippen LogP) is 3.77. The lowest BCUT2D eigenvalue weighted by molar-refractivity contribution is 0.100. The summed E-state index contributed by atoms with van der Waals surface area (Å²) >= 11 is 6.80. The van der Waals surface area contributed by atoms with Gasteiger partial charge in [-0.2, -0.15) is 0 Å². The van der Waals surface area contributed by atoms with Crippen molar-refractivity contribution in [2.45, 2.75) is 13.8 Å². The minimum atomic E-state index is 0.571. The second-order valence-corrected chi connectivity index (χ2v) is 4.71. The minimum absolute atomic E-state index is 0.571. The van der Waals surface area contributed by atoms with E-state index in [1.807, 2.05) is 19.1 Å². The second-order valence-electron chi connectivity index (χ2n) is 3.00. The molecule has 0 radical (unpaired) electrons. The van der Waals surface area contributed by atoms with Crippen LogP contribution in [-0.2, 0) is 4.84 Å². The van der Waals surface area contributed by atoms with Crippen LogP contribution in [0.2, 0.25) is 0 Å². The van der Waals surface area contributed by atoms with E-state index in [1.54, 1.807) is 6.92 Å². The van der Waals surface area contributed by atoms with E-state index < -0.39 is 0 Å². The Bertz CT molecular complexity index is 470. The lowest BCUT2D eigenvalue weighted by Gasteiger charge is -2.05. The van der Waals surface area contributed by atoms with Crippen molar-refractivity contribution >= 4 is 43.9 Å². The number of hydrogen-bond donors (Lipinski definition) is 1. The highest BCUT2D eigenvalue weighted by atomic mass is 79.9. The van der Waals surface area contributed by atoms with Crippen LogP contribution in [-0.4, -0.2) is 12.9 Å². The first-order chi connectivity index (χ1) is 8.69. The Kier molecular flexibility index (Phi) is 6.80. The number of halogens is 2. The van der Waals surface area contributed by atoms with E-state index in [-0.39, 0.29) is 0 Å². The van der Waals surface area contributed by atoms with Crippen LogP contribution in [0.4, 0.5) is 5.69 Å². The van der Waals surface area contributed by atoms with Gasteiger partial charge in [-0.3, -0.25) is 10.3 Å². The molecule has 4 nitrogen and oxygen atoms in total. The SMILES string of the molecule is CC#COc1c(Br)cc(N=CNOCC)cc1Br. The molecular weight excluding hydrogens is 364 g/mol. The van der Waals surface area contributed by atoms with Gasteiger partial charge in [0.05, 0.1) is 21.2 Å². The number of ether oxygens (including phenoxy) is 1. The fourth-order valence-corrected chi connectivity index (χ4v) is 2.37. The highest BCUT2D eigenvalue weighted by Gasteiger charge is 2.08. The number of hydroxylamine groups is 1. The van der Waals surface area contributed by atoms with Crippen molar-refractivity contribution in [1.29, 1.82) is 0 Å². The van der Waals surface area contributed by atoms with Gasteiger partial charge in [-0.15, -0.1) is 0 Å². The molecule has 0 saturated carbocycles. The Labute approximate surface area is 123 Å². The molecule has 1 N–H and O–H groups in total. The maximum absolute atomic E-state index is 5.27. The zero-order chi connectivity index (χ0) is 13.4.